The van der Waals surface area contributed by atoms with Gasteiger partial charge in [-0.1, -0.05) is 103 Å². The molecule has 0 amide bonds. The second-order valence-corrected chi connectivity index (χ2v) is 8.83. The van der Waals surface area contributed by atoms with Crippen LogP contribution in [0, 0.1) is 5.41 Å². The number of carbonyl (C=O) groups is 1. The van der Waals surface area contributed by atoms with Crippen molar-refractivity contribution in [3.05, 3.63) is 11.6 Å². The number of allylic oxidation sites excluding steroid dienone is 2. The highest BCUT2D eigenvalue weighted by atomic mass is 16.1. The number of rotatable bonds is 4. The third-order valence-corrected chi connectivity index (χ3v) is 6.50. The van der Waals surface area contributed by atoms with Gasteiger partial charge in [0.2, 0.25) is 0 Å². The van der Waals surface area contributed by atoms with E-state index in [0.717, 1.165) is 12.8 Å². The van der Waals surface area contributed by atoms with E-state index in [1.807, 2.05) is 0 Å². The van der Waals surface area contributed by atoms with Crippen molar-refractivity contribution < 1.29 is 4.79 Å². The van der Waals surface area contributed by atoms with Gasteiger partial charge in [-0.05, 0) is 36.7 Å². The minimum atomic E-state index is 0.235. The van der Waals surface area contributed by atoms with Crippen molar-refractivity contribution in [2.24, 2.45) is 5.41 Å². The van der Waals surface area contributed by atoms with Gasteiger partial charge in [-0.25, -0.2) is 0 Å². The van der Waals surface area contributed by atoms with E-state index >= 15 is 0 Å². The average molecular weight is 347 g/mol. The van der Waals surface area contributed by atoms with Crippen LogP contribution in [-0.4, -0.2) is 5.78 Å². The lowest BCUT2D eigenvalue weighted by molar-refractivity contribution is -0.116. The van der Waals surface area contributed by atoms with Crippen LogP contribution >= 0.6 is 0 Å². The summed E-state index contributed by atoms with van der Waals surface area (Å²) in [5.74, 6) is 0.481. The van der Waals surface area contributed by atoms with Crippen molar-refractivity contribution in [2.45, 2.75) is 129 Å². The molecule has 144 valence electrons. The molecule has 1 heteroatoms. The first-order chi connectivity index (χ1) is 12.3. The predicted octanol–water partition coefficient (Wildman–Crippen LogP) is 7.93. The first-order valence-electron chi connectivity index (χ1n) is 11.5. The van der Waals surface area contributed by atoms with Gasteiger partial charge < -0.3 is 0 Å². The summed E-state index contributed by atoms with van der Waals surface area (Å²) in [5.41, 5.74) is 1.42. The molecule has 1 nitrogen and oxygen atoms in total. The Morgan fingerprint density at radius 2 is 1.24 bits per heavy atom. The minimum absolute atomic E-state index is 0.235. The third-order valence-electron chi connectivity index (χ3n) is 6.50. The Balaban J connectivity index is 1.92. The normalized spacial score (nSPS) is 23.9. The number of hydrogen-bond acceptors (Lipinski definition) is 1. The zero-order valence-corrected chi connectivity index (χ0v) is 16.9. The molecule has 1 fully saturated rings. The van der Waals surface area contributed by atoms with Crippen molar-refractivity contribution >= 4 is 5.78 Å². The number of ketones is 1. The van der Waals surface area contributed by atoms with Crippen LogP contribution in [-0.2, 0) is 4.79 Å². The van der Waals surface area contributed by atoms with E-state index in [0.29, 0.717) is 5.78 Å². The number of hydrogen-bond donors (Lipinski definition) is 0. The highest BCUT2D eigenvalue weighted by molar-refractivity contribution is 5.98. The summed E-state index contributed by atoms with van der Waals surface area (Å²) in [4.78, 5) is 12.6. The van der Waals surface area contributed by atoms with Crippen molar-refractivity contribution in [2.75, 3.05) is 0 Å². The zero-order chi connectivity index (χ0) is 17.8. The lowest BCUT2D eigenvalue weighted by Gasteiger charge is -2.27. The highest BCUT2D eigenvalue weighted by Gasteiger charge is 2.36. The summed E-state index contributed by atoms with van der Waals surface area (Å²) < 4.78 is 0. The summed E-state index contributed by atoms with van der Waals surface area (Å²) in [7, 11) is 0. The Labute approximate surface area is 157 Å². The van der Waals surface area contributed by atoms with Crippen LogP contribution in [0.3, 0.4) is 0 Å². The molecule has 0 bridgehead atoms. The molecule has 0 aromatic rings. The van der Waals surface area contributed by atoms with Crippen LogP contribution in [0.5, 0.6) is 0 Å². The van der Waals surface area contributed by atoms with E-state index < -0.39 is 0 Å². The molecular formula is C24H42O. The fourth-order valence-corrected chi connectivity index (χ4v) is 4.88. The van der Waals surface area contributed by atoms with Gasteiger partial charge in [-0.15, -0.1) is 0 Å². The van der Waals surface area contributed by atoms with E-state index in [2.05, 4.69) is 13.0 Å². The monoisotopic (exact) mass is 346 g/mol. The zero-order valence-electron chi connectivity index (χ0n) is 16.9. The summed E-state index contributed by atoms with van der Waals surface area (Å²) >= 11 is 0. The molecule has 25 heavy (non-hydrogen) atoms. The maximum atomic E-state index is 12.6. The number of unbranched alkanes of at least 4 members (excludes halogenated alkanes) is 2. The molecule has 0 saturated heterocycles. The molecule has 0 atom stereocenters. The summed E-state index contributed by atoms with van der Waals surface area (Å²) in [6, 6.07) is 0. The van der Waals surface area contributed by atoms with E-state index in [1.54, 1.807) is 0 Å². The molecule has 0 unspecified atom stereocenters. The van der Waals surface area contributed by atoms with Crippen LogP contribution in [0.1, 0.15) is 129 Å². The van der Waals surface area contributed by atoms with Gasteiger partial charge in [0.05, 0.1) is 0 Å². The maximum Gasteiger partial charge on any atom is 0.159 e. The fourth-order valence-electron chi connectivity index (χ4n) is 4.88. The van der Waals surface area contributed by atoms with Crippen molar-refractivity contribution in [1.82, 2.24) is 0 Å². The lowest BCUT2D eigenvalue weighted by Crippen LogP contribution is -2.17. The van der Waals surface area contributed by atoms with Gasteiger partial charge in [0.25, 0.3) is 0 Å². The second-order valence-electron chi connectivity index (χ2n) is 8.83. The first-order valence-corrected chi connectivity index (χ1v) is 11.5. The predicted molar refractivity (Wildman–Crippen MR) is 109 cm³/mol. The van der Waals surface area contributed by atoms with Gasteiger partial charge in [-0.3, -0.25) is 4.79 Å². The molecule has 1 saturated carbocycles. The quantitative estimate of drug-likeness (QED) is 0.472. The summed E-state index contributed by atoms with van der Waals surface area (Å²) in [5, 5.41) is 0. The van der Waals surface area contributed by atoms with Gasteiger partial charge in [0.15, 0.2) is 5.78 Å². The molecule has 1 spiro atoms. The molecule has 0 aromatic heterocycles. The Hall–Kier alpha value is -0.590. The van der Waals surface area contributed by atoms with Crippen LogP contribution in [0.15, 0.2) is 11.6 Å². The van der Waals surface area contributed by atoms with Gasteiger partial charge in [0.1, 0.15) is 0 Å². The van der Waals surface area contributed by atoms with Crippen LogP contribution in [0.4, 0.5) is 0 Å². The Morgan fingerprint density at radius 3 is 1.72 bits per heavy atom. The Morgan fingerprint density at radius 1 is 0.760 bits per heavy atom. The summed E-state index contributed by atoms with van der Waals surface area (Å²) in [6.07, 6.45) is 27.3. The number of carbonyl (C=O) groups excluding carboxylic acids is 1. The van der Waals surface area contributed by atoms with Crippen LogP contribution in [0.25, 0.3) is 0 Å². The molecule has 0 N–H and O–H groups in total. The summed E-state index contributed by atoms with van der Waals surface area (Å²) in [6.45, 7) is 2.24. The lowest BCUT2D eigenvalue weighted by atomic mass is 9.77. The molecule has 0 radical (unpaired) electrons. The smallest absolute Gasteiger partial charge is 0.159 e. The standard InChI is InChI=1S/C24H42O/c1-2-3-14-17-22-20-24(21-23(22)25)18-15-12-10-8-6-4-5-7-9-11-13-16-19-24/h20H,2-19,21H2,1H3. The molecule has 0 heterocycles. The Kier molecular flexibility index (Phi) is 9.88. The van der Waals surface area contributed by atoms with E-state index in [9.17, 15) is 4.79 Å². The minimum Gasteiger partial charge on any atom is -0.295 e. The van der Waals surface area contributed by atoms with Crippen LogP contribution in [0.2, 0.25) is 0 Å². The SMILES string of the molecule is CCCCCC1=CC2(CCCCCCCCCCCCCC2)CC1=O. The molecule has 0 aromatic carbocycles. The van der Waals surface area contributed by atoms with Crippen LogP contribution < -0.4 is 0 Å². The molecular weight excluding hydrogens is 304 g/mol. The molecule has 2 aliphatic carbocycles. The first kappa shape index (κ1) is 20.7. The topological polar surface area (TPSA) is 17.1 Å². The third kappa shape index (κ3) is 7.67. The fraction of sp³-hybridized carbons (Fsp3) is 0.875. The Bertz CT molecular complexity index is 390. The average Bonchev–Trinajstić information content (AvgIpc) is 2.90. The maximum absolute atomic E-state index is 12.6. The largest absolute Gasteiger partial charge is 0.295 e. The molecule has 2 aliphatic rings. The number of Topliss-reactive ketones (excluding diaryl/α,β-unsaturated/α-hetero) is 1. The van der Waals surface area contributed by atoms with E-state index in [1.165, 1.54) is 115 Å². The highest BCUT2D eigenvalue weighted by Crippen LogP contribution is 2.44. The van der Waals surface area contributed by atoms with E-state index in [4.69, 9.17) is 0 Å². The van der Waals surface area contributed by atoms with Gasteiger partial charge in [-0.2, -0.15) is 0 Å². The van der Waals surface area contributed by atoms with Gasteiger partial charge in [0, 0.05) is 6.42 Å². The van der Waals surface area contributed by atoms with E-state index in [-0.39, 0.29) is 5.41 Å². The van der Waals surface area contributed by atoms with Crippen molar-refractivity contribution in [3.8, 4) is 0 Å². The van der Waals surface area contributed by atoms with Crippen molar-refractivity contribution in [3.63, 3.8) is 0 Å². The van der Waals surface area contributed by atoms with Crippen molar-refractivity contribution in [1.29, 1.82) is 0 Å². The molecule has 0 aliphatic heterocycles. The van der Waals surface area contributed by atoms with Gasteiger partial charge >= 0.3 is 0 Å². The second kappa shape index (κ2) is 11.9. The molecule has 2 rings (SSSR count).